The van der Waals surface area contributed by atoms with Gasteiger partial charge in [-0.25, -0.2) is 9.78 Å². The van der Waals surface area contributed by atoms with E-state index in [9.17, 15) is 4.79 Å². The number of fused-ring (bicyclic) bond motifs is 1. The van der Waals surface area contributed by atoms with E-state index in [1.807, 2.05) is 46.9 Å². The van der Waals surface area contributed by atoms with Crippen LogP contribution in [0.5, 0.6) is 5.88 Å². The fourth-order valence-electron chi connectivity index (χ4n) is 3.86. The second-order valence-corrected chi connectivity index (χ2v) is 9.95. The first-order chi connectivity index (χ1) is 15.6. The molecule has 2 aromatic rings. The molecule has 0 bridgehead atoms. The molecule has 3 rings (SSSR count). The lowest BCUT2D eigenvalue weighted by Gasteiger charge is -2.34. The van der Waals surface area contributed by atoms with Crippen molar-refractivity contribution in [3.63, 3.8) is 0 Å². The summed E-state index contributed by atoms with van der Waals surface area (Å²) in [6.45, 7) is 15.3. The van der Waals surface area contributed by atoms with Crippen molar-refractivity contribution in [3.8, 4) is 5.88 Å². The van der Waals surface area contributed by atoms with Crippen LogP contribution in [0.2, 0.25) is 0 Å². The van der Waals surface area contributed by atoms with Crippen molar-refractivity contribution in [2.45, 2.75) is 72.8 Å². The Bertz CT molecular complexity index is 962. The number of piperidine rings is 1. The molecule has 0 aromatic carbocycles. The highest BCUT2D eigenvalue weighted by atomic mass is 32.2. The monoisotopic (exact) mass is 476 g/mol. The van der Waals surface area contributed by atoms with Gasteiger partial charge < -0.3 is 14.4 Å². The van der Waals surface area contributed by atoms with Gasteiger partial charge in [-0.2, -0.15) is 9.61 Å². The Morgan fingerprint density at radius 3 is 2.58 bits per heavy atom. The molecule has 1 saturated heterocycles. The van der Waals surface area contributed by atoms with Crippen molar-refractivity contribution in [2.24, 2.45) is 5.92 Å². The van der Waals surface area contributed by atoms with E-state index in [1.165, 1.54) is 5.57 Å². The Kier molecular flexibility index (Phi) is 9.64. The molecule has 33 heavy (non-hydrogen) atoms. The van der Waals surface area contributed by atoms with E-state index >= 15 is 0 Å². The lowest BCUT2D eigenvalue weighted by molar-refractivity contribution is 0.0197. The highest BCUT2D eigenvalue weighted by molar-refractivity contribution is 8.01. The number of hydrogen-bond acceptors (Lipinski definition) is 6. The number of rotatable bonds is 5. The van der Waals surface area contributed by atoms with Crippen LogP contribution in [0.4, 0.5) is 4.79 Å². The van der Waals surface area contributed by atoms with Gasteiger partial charge in [0.15, 0.2) is 5.65 Å². The third-order valence-corrected chi connectivity index (χ3v) is 5.83. The standard InChI is InChI=1S/C23H34N4O3S.C2H6/c1-15(2)18(14-31-7)17-12-24-27-20(29-6)11-19(25-21(17)27)16-9-8-10-26(13-16)22(28)30-23(3,4)5;1-2/h11-12,14-16H,8-10,13H2,1-7H3;1-2H3/b18-14+;. The van der Waals surface area contributed by atoms with Crippen molar-refractivity contribution < 1.29 is 14.3 Å². The number of carbonyl (C=O) groups excluding carboxylic acids is 1. The first kappa shape index (κ1) is 27.0. The zero-order valence-electron chi connectivity index (χ0n) is 21.6. The Morgan fingerprint density at radius 2 is 2.00 bits per heavy atom. The minimum Gasteiger partial charge on any atom is -0.481 e. The molecule has 0 saturated carbocycles. The van der Waals surface area contributed by atoms with Crippen LogP contribution in [-0.2, 0) is 4.74 Å². The SMILES string of the molecule is CC.COc1cc(C2CCCN(C(=O)OC(C)(C)C)C2)nc2c(/C(=C/SC)C(C)C)cnn12. The van der Waals surface area contributed by atoms with E-state index < -0.39 is 5.60 Å². The van der Waals surface area contributed by atoms with Crippen LogP contribution in [-0.4, -0.2) is 57.6 Å². The number of aromatic nitrogens is 3. The van der Waals surface area contributed by atoms with Crippen LogP contribution < -0.4 is 4.74 Å². The van der Waals surface area contributed by atoms with Gasteiger partial charge in [0, 0.05) is 30.6 Å². The Balaban J connectivity index is 0.00000187. The van der Waals surface area contributed by atoms with Gasteiger partial charge in [-0.3, -0.25) is 0 Å². The maximum absolute atomic E-state index is 12.6. The van der Waals surface area contributed by atoms with Crippen LogP contribution in [0, 0.1) is 5.92 Å². The predicted molar refractivity (Wildman–Crippen MR) is 137 cm³/mol. The summed E-state index contributed by atoms with van der Waals surface area (Å²) in [4.78, 5) is 19.4. The lowest BCUT2D eigenvalue weighted by Crippen LogP contribution is -2.42. The van der Waals surface area contributed by atoms with Gasteiger partial charge in [0.25, 0.3) is 0 Å². The zero-order valence-corrected chi connectivity index (χ0v) is 22.5. The second-order valence-electron chi connectivity index (χ2n) is 9.25. The summed E-state index contributed by atoms with van der Waals surface area (Å²) in [7, 11) is 1.65. The molecule has 1 fully saturated rings. The van der Waals surface area contributed by atoms with E-state index in [4.69, 9.17) is 14.5 Å². The predicted octanol–water partition coefficient (Wildman–Crippen LogP) is 6.24. The number of methoxy groups -OCH3 is 1. The number of ether oxygens (including phenoxy) is 2. The van der Waals surface area contributed by atoms with Gasteiger partial charge >= 0.3 is 6.09 Å². The maximum atomic E-state index is 12.6. The summed E-state index contributed by atoms with van der Waals surface area (Å²) < 4.78 is 13.0. The Morgan fingerprint density at radius 1 is 1.30 bits per heavy atom. The largest absolute Gasteiger partial charge is 0.481 e. The summed E-state index contributed by atoms with van der Waals surface area (Å²) in [6.07, 6.45) is 5.53. The normalized spacial score (nSPS) is 17.1. The molecule has 1 atom stereocenters. The third-order valence-electron chi connectivity index (χ3n) is 5.34. The molecular weight excluding hydrogens is 436 g/mol. The minimum absolute atomic E-state index is 0.120. The minimum atomic E-state index is -0.506. The summed E-state index contributed by atoms with van der Waals surface area (Å²) >= 11 is 1.68. The zero-order chi connectivity index (χ0) is 24.8. The molecule has 7 nitrogen and oxygen atoms in total. The number of likely N-dealkylation sites (tertiary alicyclic amines) is 1. The Labute approximate surface area is 202 Å². The average molecular weight is 477 g/mol. The molecule has 184 valence electrons. The van der Waals surface area contributed by atoms with Crippen LogP contribution in [0.1, 0.15) is 78.5 Å². The summed E-state index contributed by atoms with van der Waals surface area (Å²) in [5, 5.41) is 6.70. The van der Waals surface area contributed by atoms with Gasteiger partial charge in [0.2, 0.25) is 5.88 Å². The fourth-order valence-corrected chi connectivity index (χ4v) is 4.51. The van der Waals surface area contributed by atoms with E-state index in [0.717, 1.165) is 29.7 Å². The topological polar surface area (TPSA) is 69.0 Å². The molecule has 1 amide bonds. The van der Waals surface area contributed by atoms with E-state index in [2.05, 4.69) is 30.6 Å². The van der Waals surface area contributed by atoms with Crippen molar-refractivity contribution in [2.75, 3.05) is 26.5 Å². The number of carbonyl (C=O) groups is 1. The highest BCUT2D eigenvalue weighted by Gasteiger charge is 2.30. The number of thioether (sulfide) groups is 1. The molecule has 8 heteroatoms. The van der Waals surface area contributed by atoms with E-state index in [1.54, 1.807) is 28.3 Å². The van der Waals surface area contributed by atoms with Crippen molar-refractivity contribution in [3.05, 3.63) is 28.9 Å². The van der Waals surface area contributed by atoms with Crippen LogP contribution in [0.25, 0.3) is 11.2 Å². The molecule has 1 aliphatic rings. The van der Waals surface area contributed by atoms with Crippen LogP contribution >= 0.6 is 11.8 Å². The molecule has 2 aromatic heterocycles. The van der Waals surface area contributed by atoms with Gasteiger partial charge in [0.1, 0.15) is 5.60 Å². The van der Waals surface area contributed by atoms with E-state index in [0.29, 0.717) is 24.9 Å². The number of hydrogen-bond donors (Lipinski definition) is 0. The molecule has 3 heterocycles. The third kappa shape index (κ3) is 6.65. The lowest BCUT2D eigenvalue weighted by atomic mass is 9.94. The molecule has 0 radical (unpaired) electrons. The molecule has 0 spiro atoms. The summed E-state index contributed by atoms with van der Waals surface area (Å²) in [5.41, 5.74) is 3.43. The quantitative estimate of drug-likeness (QED) is 0.509. The number of allylic oxidation sites excluding steroid dienone is 1. The highest BCUT2D eigenvalue weighted by Crippen LogP contribution is 2.33. The van der Waals surface area contributed by atoms with Crippen molar-refractivity contribution in [1.82, 2.24) is 19.5 Å². The van der Waals surface area contributed by atoms with Gasteiger partial charge in [-0.05, 0) is 56.8 Å². The number of nitrogens with zero attached hydrogens (tertiary/aromatic N) is 4. The molecular formula is C25H40N4O3S. The molecule has 1 aliphatic heterocycles. The van der Waals surface area contributed by atoms with Crippen molar-refractivity contribution in [1.29, 1.82) is 0 Å². The van der Waals surface area contributed by atoms with Gasteiger partial charge in [0.05, 0.1) is 19.0 Å². The first-order valence-electron chi connectivity index (χ1n) is 11.8. The summed E-state index contributed by atoms with van der Waals surface area (Å²) in [5.74, 6) is 1.11. The van der Waals surface area contributed by atoms with E-state index in [-0.39, 0.29) is 12.0 Å². The first-order valence-corrected chi connectivity index (χ1v) is 13.1. The summed E-state index contributed by atoms with van der Waals surface area (Å²) in [6, 6.07) is 1.94. The average Bonchev–Trinajstić information content (AvgIpc) is 3.20. The molecule has 0 aliphatic carbocycles. The Hall–Kier alpha value is -2.22. The fraction of sp³-hybridized carbons (Fsp3) is 0.640. The molecule has 1 unspecified atom stereocenters. The molecule has 0 N–H and O–H groups in total. The second kappa shape index (κ2) is 11.8. The smallest absolute Gasteiger partial charge is 0.410 e. The van der Waals surface area contributed by atoms with Crippen LogP contribution in [0.15, 0.2) is 17.7 Å². The number of amides is 1. The maximum Gasteiger partial charge on any atom is 0.410 e. The van der Waals surface area contributed by atoms with Gasteiger partial charge in [-0.15, -0.1) is 11.8 Å². The van der Waals surface area contributed by atoms with Gasteiger partial charge in [-0.1, -0.05) is 27.7 Å². The van der Waals surface area contributed by atoms with Crippen molar-refractivity contribution >= 4 is 29.1 Å². The van der Waals surface area contributed by atoms with Crippen LogP contribution in [0.3, 0.4) is 0 Å².